The maximum absolute atomic E-state index is 9.35. The van der Waals surface area contributed by atoms with Gasteiger partial charge in [-0.25, -0.2) is 4.98 Å². The van der Waals surface area contributed by atoms with Crippen molar-refractivity contribution in [2.24, 2.45) is 5.41 Å². The summed E-state index contributed by atoms with van der Waals surface area (Å²) in [5.41, 5.74) is -0.0155. The van der Waals surface area contributed by atoms with Crippen molar-refractivity contribution in [2.75, 3.05) is 30.3 Å². The molecule has 0 bridgehead atoms. The zero-order chi connectivity index (χ0) is 14.7. The van der Waals surface area contributed by atoms with Crippen LogP contribution in [0.5, 0.6) is 0 Å². The Morgan fingerprint density at radius 3 is 2.57 bits per heavy atom. The summed E-state index contributed by atoms with van der Waals surface area (Å²) in [6.45, 7) is 3.51. The normalized spacial score (nSPS) is 15.7. The second-order valence-electron chi connectivity index (χ2n) is 5.16. The lowest BCUT2D eigenvalue weighted by Gasteiger charge is -2.13. The molecule has 2 heterocycles. The van der Waals surface area contributed by atoms with Gasteiger partial charge in [-0.15, -0.1) is 0 Å². The summed E-state index contributed by atoms with van der Waals surface area (Å²) in [4.78, 5) is 16.8. The summed E-state index contributed by atoms with van der Waals surface area (Å²) in [6.07, 6.45) is 5.01. The maximum Gasteiger partial charge on any atom is 0.258 e. The fourth-order valence-corrected chi connectivity index (χ4v) is 1.93. The minimum Gasteiger partial charge on any atom is -0.396 e. The van der Waals surface area contributed by atoms with Gasteiger partial charge >= 0.3 is 0 Å². The highest BCUT2D eigenvalue weighted by atomic mass is 16.3. The Morgan fingerprint density at radius 1 is 1.24 bits per heavy atom. The van der Waals surface area contributed by atoms with Crippen LogP contribution in [0.2, 0.25) is 0 Å². The summed E-state index contributed by atoms with van der Waals surface area (Å²) in [7, 11) is 0. The molecule has 1 aliphatic rings. The smallest absolute Gasteiger partial charge is 0.258 e. The van der Waals surface area contributed by atoms with Crippen molar-refractivity contribution in [2.45, 2.75) is 19.8 Å². The lowest BCUT2D eigenvalue weighted by molar-refractivity contribution is 0.219. The molecule has 1 aliphatic carbocycles. The number of aromatic nitrogens is 6. The molecule has 2 aromatic rings. The van der Waals surface area contributed by atoms with E-state index in [1.165, 1.54) is 17.3 Å². The molecule has 0 saturated heterocycles. The molecule has 0 amide bonds. The Kier molecular flexibility index (Phi) is 3.65. The molecule has 21 heavy (non-hydrogen) atoms. The van der Waals surface area contributed by atoms with Gasteiger partial charge in [0, 0.05) is 18.5 Å². The third-order valence-corrected chi connectivity index (χ3v) is 3.50. The Morgan fingerprint density at radius 2 is 2.00 bits per heavy atom. The molecule has 2 aromatic heterocycles. The van der Waals surface area contributed by atoms with Crippen molar-refractivity contribution in [3.05, 3.63) is 12.7 Å². The van der Waals surface area contributed by atoms with Crippen LogP contribution in [0.4, 0.5) is 11.9 Å². The number of nitrogens with zero attached hydrogens (tertiary/aromatic N) is 6. The quantitative estimate of drug-likeness (QED) is 0.656. The zero-order valence-electron chi connectivity index (χ0n) is 11.8. The standard InChI is InChI=1S/C12H18N8O/c1-2-14-9-17-10(15-5-12(6-21)3-4-12)19-11(18-9)20-8-13-7-16-20/h7-8,21H,2-6H2,1H3,(H2,14,15,17,18,19). The fraction of sp³-hybridized carbons (Fsp3) is 0.583. The van der Waals surface area contributed by atoms with Gasteiger partial charge < -0.3 is 15.7 Å². The molecule has 1 fully saturated rings. The summed E-state index contributed by atoms with van der Waals surface area (Å²) >= 11 is 0. The molecular weight excluding hydrogens is 272 g/mol. The minimum absolute atomic E-state index is 0.0155. The van der Waals surface area contributed by atoms with Crippen LogP contribution in [0.1, 0.15) is 19.8 Å². The van der Waals surface area contributed by atoms with Gasteiger partial charge in [0.15, 0.2) is 0 Å². The molecule has 0 atom stereocenters. The summed E-state index contributed by atoms with van der Waals surface area (Å²) < 4.78 is 1.48. The predicted octanol–water partition coefficient (Wildman–Crippen LogP) is 0.0685. The van der Waals surface area contributed by atoms with Crippen molar-refractivity contribution in [1.82, 2.24) is 29.7 Å². The van der Waals surface area contributed by atoms with E-state index in [-0.39, 0.29) is 12.0 Å². The van der Waals surface area contributed by atoms with Crippen LogP contribution in [0.3, 0.4) is 0 Å². The number of aliphatic hydroxyl groups excluding tert-OH is 1. The fourth-order valence-electron chi connectivity index (χ4n) is 1.93. The Bertz CT molecular complexity index is 595. The molecule has 0 unspecified atom stereocenters. The van der Waals surface area contributed by atoms with E-state index in [0.717, 1.165) is 12.8 Å². The molecule has 0 spiro atoms. The maximum atomic E-state index is 9.35. The van der Waals surface area contributed by atoms with Gasteiger partial charge in [-0.05, 0) is 19.8 Å². The number of hydrogen-bond acceptors (Lipinski definition) is 8. The van der Waals surface area contributed by atoms with Crippen LogP contribution >= 0.6 is 0 Å². The van der Waals surface area contributed by atoms with E-state index in [0.29, 0.717) is 30.9 Å². The molecular formula is C12H18N8O. The first-order valence-electron chi connectivity index (χ1n) is 6.94. The second kappa shape index (κ2) is 5.60. The van der Waals surface area contributed by atoms with E-state index in [2.05, 4.69) is 35.7 Å². The van der Waals surface area contributed by atoms with E-state index < -0.39 is 0 Å². The van der Waals surface area contributed by atoms with Crippen molar-refractivity contribution in [3.63, 3.8) is 0 Å². The molecule has 3 N–H and O–H groups in total. The lowest BCUT2D eigenvalue weighted by atomic mass is 10.1. The third-order valence-electron chi connectivity index (χ3n) is 3.50. The molecule has 112 valence electrons. The predicted molar refractivity (Wildman–Crippen MR) is 76.2 cm³/mol. The Balaban J connectivity index is 1.81. The van der Waals surface area contributed by atoms with Crippen LogP contribution in [0.25, 0.3) is 5.95 Å². The number of aliphatic hydroxyl groups is 1. The van der Waals surface area contributed by atoms with Gasteiger partial charge in [-0.1, -0.05) is 0 Å². The zero-order valence-corrected chi connectivity index (χ0v) is 11.8. The van der Waals surface area contributed by atoms with E-state index in [1.807, 2.05) is 6.92 Å². The molecule has 1 saturated carbocycles. The van der Waals surface area contributed by atoms with Crippen LogP contribution in [0.15, 0.2) is 12.7 Å². The van der Waals surface area contributed by atoms with Gasteiger partial charge in [-0.3, -0.25) is 0 Å². The highest BCUT2D eigenvalue weighted by molar-refractivity contribution is 5.38. The van der Waals surface area contributed by atoms with E-state index in [9.17, 15) is 5.11 Å². The number of rotatable bonds is 7. The molecule has 3 rings (SSSR count). The van der Waals surface area contributed by atoms with Gasteiger partial charge in [0.2, 0.25) is 11.9 Å². The monoisotopic (exact) mass is 290 g/mol. The first kappa shape index (κ1) is 13.7. The first-order chi connectivity index (χ1) is 10.2. The van der Waals surface area contributed by atoms with Gasteiger partial charge in [0.25, 0.3) is 5.95 Å². The van der Waals surface area contributed by atoms with Crippen LogP contribution in [-0.2, 0) is 0 Å². The third kappa shape index (κ3) is 3.07. The second-order valence-corrected chi connectivity index (χ2v) is 5.16. The lowest BCUT2D eigenvalue weighted by Crippen LogP contribution is -2.21. The molecule has 0 aliphatic heterocycles. The highest BCUT2D eigenvalue weighted by Crippen LogP contribution is 2.44. The largest absolute Gasteiger partial charge is 0.396 e. The number of nitrogens with one attached hydrogen (secondary N) is 2. The number of anilines is 2. The van der Waals surface area contributed by atoms with Crippen molar-refractivity contribution in [3.8, 4) is 5.95 Å². The van der Waals surface area contributed by atoms with Crippen molar-refractivity contribution < 1.29 is 5.11 Å². The SMILES string of the molecule is CCNc1nc(NCC2(CO)CC2)nc(-n2cncn2)n1. The van der Waals surface area contributed by atoms with Crippen molar-refractivity contribution in [1.29, 1.82) is 0 Å². The average molecular weight is 290 g/mol. The Hall–Kier alpha value is -2.29. The van der Waals surface area contributed by atoms with Crippen LogP contribution in [0, 0.1) is 5.41 Å². The minimum atomic E-state index is -0.0155. The molecule has 0 radical (unpaired) electrons. The molecule has 9 heteroatoms. The van der Waals surface area contributed by atoms with Crippen LogP contribution in [-0.4, -0.2) is 54.5 Å². The average Bonchev–Trinajstić information content (AvgIpc) is 3.07. The Labute approximate surface area is 121 Å². The van der Waals surface area contributed by atoms with Crippen LogP contribution < -0.4 is 10.6 Å². The summed E-state index contributed by atoms with van der Waals surface area (Å²) in [5.74, 6) is 1.34. The van der Waals surface area contributed by atoms with Gasteiger partial charge in [0.1, 0.15) is 12.7 Å². The van der Waals surface area contributed by atoms with Gasteiger partial charge in [0.05, 0.1) is 6.61 Å². The molecule has 0 aromatic carbocycles. The van der Waals surface area contributed by atoms with E-state index >= 15 is 0 Å². The first-order valence-corrected chi connectivity index (χ1v) is 6.94. The summed E-state index contributed by atoms with van der Waals surface area (Å²) in [6, 6.07) is 0. The van der Waals surface area contributed by atoms with E-state index in [1.54, 1.807) is 0 Å². The number of hydrogen-bond donors (Lipinski definition) is 3. The topological polar surface area (TPSA) is 114 Å². The summed E-state index contributed by atoms with van der Waals surface area (Å²) in [5, 5.41) is 19.6. The highest BCUT2D eigenvalue weighted by Gasteiger charge is 2.41. The molecule has 9 nitrogen and oxygen atoms in total. The van der Waals surface area contributed by atoms with Crippen molar-refractivity contribution >= 4 is 11.9 Å². The van der Waals surface area contributed by atoms with Gasteiger partial charge in [-0.2, -0.15) is 24.7 Å². The van der Waals surface area contributed by atoms with E-state index in [4.69, 9.17) is 0 Å².